The number of alkyl halides is 3. The second-order valence-electron chi connectivity index (χ2n) is 9.94. The van der Waals surface area contributed by atoms with Gasteiger partial charge in [-0.3, -0.25) is 9.48 Å². The van der Waals surface area contributed by atoms with Gasteiger partial charge >= 0.3 is 12.2 Å². The number of nitrogens with two attached hydrogens (primary N) is 1. The van der Waals surface area contributed by atoms with E-state index in [1.165, 1.54) is 12.0 Å². The van der Waals surface area contributed by atoms with E-state index in [-0.39, 0.29) is 42.2 Å². The Balaban J connectivity index is 1.53. The fourth-order valence-corrected chi connectivity index (χ4v) is 5.75. The van der Waals surface area contributed by atoms with E-state index >= 15 is 4.39 Å². The number of aryl methyl sites for hydroxylation is 1. The second kappa shape index (κ2) is 11.4. The summed E-state index contributed by atoms with van der Waals surface area (Å²) in [5, 5.41) is 3.96. The molecule has 10 nitrogen and oxygen atoms in total. The quantitative estimate of drug-likeness (QED) is 0.308. The molecule has 2 aliphatic rings. The first-order chi connectivity index (χ1) is 19.8. The van der Waals surface area contributed by atoms with Crippen molar-refractivity contribution in [2.45, 2.75) is 51.7 Å². The van der Waals surface area contributed by atoms with Gasteiger partial charge in [0.05, 0.1) is 59.0 Å². The number of methoxy groups -OCH3 is 1. The smallest absolute Gasteiger partial charge is 0.418 e. The van der Waals surface area contributed by atoms with Crippen LogP contribution < -0.4 is 15.4 Å². The number of ether oxygens (including phenoxy) is 2. The molecule has 0 fully saturated rings. The van der Waals surface area contributed by atoms with E-state index in [4.69, 9.17) is 38.4 Å². The molecule has 2 N–H and O–H groups in total. The minimum atomic E-state index is -4.96. The van der Waals surface area contributed by atoms with Crippen LogP contribution in [0.1, 0.15) is 58.0 Å². The summed E-state index contributed by atoms with van der Waals surface area (Å²) in [5.74, 6) is -1.14. The van der Waals surface area contributed by atoms with Gasteiger partial charge in [0.25, 0.3) is 5.91 Å². The Morgan fingerprint density at radius 1 is 1.29 bits per heavy atom. The average Bonchev–Trinajstić information content (AvgIpc) is 3.11. The number of hydrogen-bond acceptors (Lipinski definition) is 8. The van der Waals surface area contributed by atoms with Crippen molar-refractivity contribution in [3.05, 3.63) is 55.7 Å². The highest BCUT2D eigenvalue weighted by molar-refractivity contribution is 6.34. The number of anilines is 2. The Morgan fingerprint density at radius 3 is 2.69 bits per heavy atom. The number of carbonyl (C=O) groups is 1. The zero-order valence-corrected chi connectivity index (χ0v) is 24.4. The van der Waals surface area contributed by atoms with Gasteiger partial charge in [-0.05, 0) is 19.4 Å². The number of nitrogens with zero attached hydrogens (tertiary/aromatic N) is 6. The maximum absolute atomic E-state index is 15.1. The summed E-state index contributed by atoms with van der Waals surface area (Å²) in [4.78, 5) is 25.1. The highest BCUT2D eigenvalue weighted by atomic mass is 35.5. The maximum Gasteiger partial charge on any atom is 0.418 e. The first-order valence-electron chi connectivity index (χ1n) is 13.0. The van der Waals surface area contributed by atoms with Crippen LogP contribution in [-0.2, 0) is 37.0 Å². The number of hydrogen-bond donors (Lipinski definition) is 1. The highest BCUT2D eigenvalue weighted by Gasteiger charge is 2.42. The van der Waals surface area contributed by atoms with E-state index in [9.17, 15) is 18.0 Å². The van der Waals surface area contributed by atoms with Gasteiger partial charge in [0.2, 0.25) is 0 Å². The summed E-state index contributed by atoms with van der Waals surface area (Å²) in [7, 11) is 3.02. The molecule has 1 aromatic carbocycles. The first-order valence-corrected chi connectivity index (χ1v) is 13.8. The average molecular weight is 632 g/mol. The number of amides is 1. The fraction of sp³-hybridized carbons (Fsp3) is 0.462. The Labute approximate surface area is 248 Å². The van der Waals surface area contributed by atoms with Crippen molar-refractivity contribution in [2.24, 2.45) is 0 Å². The summed E-state index contributed by atoms with van der Waals surface area (Å²) in [6.07, 6.45) is -5.95. The Kier molecular flexibility index (Phi) is 8.16. The van der Waals surface area contributed by atoms with E-state index in [0.717, 1.165) is 6.07 Å². The summed E-state index contributed by atoms with van der Waals surface area (Å²) in [5.41, 5.74) is 4.56. The summed E-state index contributed by atoms with van der Waals surface area (Å²) < 4.78 is 69.9. The fourth-order valence-electron chi connectivity index (χ4n) is 5.15. The molecule has 226 valence electrons. The van der Waals surface area contributed by atoms with E-state index in [0.29, 0.717) is 48.8 Å². The molecule has 0 saturated carbocycles. The molecular formula is C26H27Cl2F4N7O3. The van der Waals surface area contributed by atoms with Crippen molar-refractivity contribution in [1.82, 2.24) is 24.6 Å². The molecule has 1 amide bonds. The number of carbonyl (C=O) groups excluding carboxylic acids is 1. The van der Waals surface area contributed by atoms with E-state index < -0.39 is 39.9 Å². The van der Waals surface area contributed by atoms with Crippen LogP contribution in [0.2, 0.25) is 10.0 Å². The third-order valence-corrected chi connectivity index (χ3v) is 8.08. The molecule has 16 heteroatoms. The van der Waals surface area contributed by atoms with Gasteiger partial charge in [0.1, 0.15) is 5.82 Å². The van der Waals surface area contributed by atoms with Crippen molar-refractivity contribution in [1.29, 1.82) is 0 Å². The molecule has 0 bridgehead atoms. The molecule has 2 aliphatic heterocycles. The summed E-state index contributed by atoms with van der Waals surface area (Å²) in [6.45, 7) is 3.32. The lowest BCUT2D eigenvalue weighted by Gasteiger charge is -2.31. The van der Waals surface area contributed by atoms with Gasteiger partial charge in [0, 0.05) is 44.2 Å². The van der Waals surface area contributed by atoms with Crippen LogP contribution in [0, 0.1) is 5.82 Å². The lowest BCUT2D eigenvalue weighted by molar-refractivity contribution is -0.140. The number of aromatic nitrogens is 4. The number of halogens is 6. The highest BCUT2D eigenvalue weighted by Crippen LogP contribution is 2.46. The van der Waals surface area contributed by atoms with Crippen molar-refractivity contribution < 1.29 is 31.8 Å². The SMILES string of the molecule is CCN(C)C(=O)c1nn2c(c1Cl)CN(c1nc(OC)nc3c1COC(c1c(F)c(N)cc(Cl)c1C(F)(F)F)C3)CCC2. The zero-order chi connectivity index (χ0) is 30.5. The molecule has 1 atom stereocenters. The van der Waals surface area contributed by atoms with Crippen LogP contribution in [0.3, 0.4) is 0 Å². The molecule has 0 saturated heterocycles. The Hall–Kier alpha value is -3.36. The van der Waals surface area contributed by atoms with Gasteiger partial charge in [0.15, 0.2) is 11.5 Å². The van der Waals surface area contributed by atoms with Crippen molar-refractivity contribution in [3.63, 3.8) is 0 Å². The van der Waals surface area contributed by atoms with Crippen LogP contribution in [0.5, 0.6) is 6.01 Å². The minimum Gasteiger partial charge on any atom is -0.467 e. The minimum absolute atomic E-state index is 0.0317. The largest absolute Gasteiger partial charge is 0.467 e. The van der Waals surface area contributed by atoms with E-state index in [2.05, 4.69) is 15.1 Å². The van der Waals surface area contributed by atoms with Crippen molar-refractivity contribution in [2.75, 3.05) is 37.9 Å². The summed E-state index contributed by atoms with van der Waals surface area (Å²) in [6, 6.07) is 0.702. The molecule has 0 spiro atoms. The lowest BCUT2D eigenvalue weighted by Crippen LogP contribution is -2.29. The molecule has 0 aliphatic carbocycles. The molecule has 1 unspecified atom stereocenters. The second-order valence-corrected chi connectivity index (χ2v) is 10.7. The maximum atomic E-state index is 15.1. The van der Waals surface area contributed by atoms with Crippen LogP contribution in [-0.4, -0.2) is 57.8 Å². The van der Waals surface area contributed by atoms with Crippen LogP contribution in [0.4, 0.5) is 29.1 Å². The van der Waals surface area contributed by atoms with Gasteiger partial charge in [-0.1, -0.05) is 23.2 Å². The third kappa shape index (κ3) is 5.31. The van der Waals surface area contributed by atoms with Crippen LogP contribution >= 0.6 is 23.2 Å². The summed E-state index contributed by atoms with van der Waals surface area (Å²) >= 11 is 12.5. The van der Waals surface area contributed by atoms with Crippen molar-refractivity contribution in [3.8, 4) is 6.01 Å². The molecule has 0 radical (unpaired) electrons. The zero-order valence-electron chi connectivity index (χ0n) is 22.9. The van der Waals surface area contributed by atoms with E-state index in [1.807, 2.05) is 11.8 Å². The van der Waals surface area contributed by atoms with Gasteiger partial charge in [-0.2, -0.15) is 28.2 Å². The first kappa shape index (κ1) is 30.1. The molecule has 3 aromatic rings. The third-order valence-electron chi connectivity index (χ3n) is 7.38. The monoisotopic (exact) mass is 631 g/mol. The van der Waals surface area contributed by atoms with Crippen LogP contribution in [0.25, 0.3) is 0 Å². The predicted molar refractivity (Wildman–Crippen MR) is 146 cm³/mol. The molecule has 4 heterocycles. The Morgan fingerprint density at radius 2 is 2.02 bits per heavy atom. The number of nitrogen functional groups attached to an aromatic ring is 1. The lowest BCUT2D eigenvalue weighted by atomic mass is 9.93. The molecular weight excluding hydrogens is 605 g/mol. The topological polar surface area (TPSA) is 112 Å². The van der Waals surface area contributed by atoms with Gasteiger partial charge in [-0.25, -0.2) is 4.39 Å². The number of rotatable bonds is 5. The normalized spacial score (nSPS) is 17.0. The standard InChI is InChI=1S/C26H27Cl2F4N7O3/c1-4-37(2)24(40)22-20(28)16-10-38(6-5-7-39(16)36-22)23-12-11-42-17(9-15(12)34-25(35-23)41-3)18-19(26(30,31)32)13(27)8-14(33)21(18)29/h8,17H,4-7,9-11,33H2,1-3H3. The van der Waals surface area contributed by atoms with E-state index in [1.54, 1.807) is 11.7 Å². The number of benzene rings is 1. The molecule has 5 rings (SSSR count). The molecule has 2 aromatic heterocycles. The predicted octanol–water partition coefficient (Wildman–Crippen LogP) is 5.04. The van der Waals surface area contributed by atoms with Gasteiger partial charge < -0.3 is 25.0 Å². The van der Waals surface area contributed by atoms with Crippen LogP contribution in [0.15, 0.2) is 6.07 Å². The number of fused-ring (bicyclic) bond motifs is 2. The van der Waals surface area contributed by atoms with Gasteiger partial charge in [-0.15, -0.1) is 0 Å². The van der Waals surface area contributed by atoms with Crippen molar-refractivity contribution >= 4 is 40.6 Å². The Bertz CT molecular complexity index is 1550. The molecule has 42 heavy (non-hydrogen) atoms.